The van der Waals surface area contributed by atoms with Crippen molar-refractivity contribution >= 4 is 39.2 Å². The molecule has 22 heavy (non-hydrogen) atoms. The van der Waals surface area contributed by atoms with Crippen LogP contribution in [0.5, 0.6) is 5.75 Å². The Labute approximate surface area is 146 Å². The number of thiocarbonyl (C=S) groups is 1. The number of carbonyl (C=O) groups excluding carboxylic acids is 1. The maximum Gasteiger partial charge on any atom is 0.261 e. The lowest BCUT2D eigenvalue weighted by Gasteiger charge is -2.16. The molecule has 122 valence electrons. The fourth-order valence-electron chi connectivity index (χ4n) is 1.59. The molecule has 1 aromatic carbocycles. The molecule has 0 heterocycles. The number of ether oxygens (including phenoxy) is 1. The highest BCUT2D eigenvalue weighted by molar-refractivity contribution is 9.10. The van der Waals surface area contributed by atoms with Crippen molar-refractivity contribution in [2.75, 3.05) is 6.61 Å². The van der Waals surface area contributed by atoms with Crippen LogP contribution in [-0.4, -0.2) is 23.7 Å². The number of carbonyl (C=O) groups is 1. The number of benzene rings is 1. The molecular weight excluding hydrogens is 364 g/mol. The van der Waals surface area contributed by atoms with Gasteiger partial charge in [-0.05, 0) is 49.7 Å². The van der Waals surface area contributed by atoms with E-state index in [1.165, 1.54) is 0 Å². The monoisotopic (exact) mass is 386 g/mol. The fraction of sp³-hybridized carbons (Fsp3) is 0.500. The summed E-state index contributed by atoms with van der Waals surface area (Å²) < 4.78 is 6.53. The first-order valence-corrected chi connectivity index (χ1v) is 8.57. The Balaban J connectivity index is 2.82. The Morgan fingerprint density at radius 2 is 2.05 bits per heavy atom. The van der Waals surface area contributed by atoms with Crippen LogP contribution in [0.15, 0.2) is 22.7 Å². The number of amides is 1. The average Bonchev–Trinajstić information content (AvgIpc) is 2.45. The second kappa shape index (κ2) is 9.10. The van der Waals surface area contributed by atoms with Crippen molar-refractivity contribution in [3.05, 3.63) is 28.2 Å². The van der Waals surface area contributed by atoms with Crippen LogP contribution >= 0.6 is 28.1 Å². The van der Waals surface area contributed by atoms with E-state index in [4.69, 9.17) is 17.0 Å². The number of hydrogen-bond donors (Lipinski definition) is 2. The van der Waals surface area contributed by atoms with Gasteiger partial charge in [0, 0.05) is 10.5 Å². The second-order valence-corrected chi connectivity index (χ2v) is 6.91. The van der Waals surface area contributed by atoms with Crippen molar-refractivity contribution in [2.24, 2.45) is 5.92 Å². The van der Waals surface area contributed by atoms with Crippen LogP contribution < -0.4 is 15.4 Å². The topological polar surface area (TPSA) is 50.4 Å². The predicted molar refractivity (Wildman–Crippen MR) is 97.4 cm³/mol. The molecule has 1 amide bonds. The Kier molecular flexibility index (Phi) is 7.82. The van der Waals surface area contributed by atoms with Gasteiger partial charge in [-0.15, -0.1) is 0 Å². The molecule has 0 aliphatic carbocycles. The predicted octanol–water partition coefficient (Wildman–Crippen LogP) is 3.89. The zero-order valence-electron chi connectivity index (χ0n) is 13.4. The first-order chi connectivity index (χ1) is 10.3. The molecule has 1 unspecified atom stereocenters. The maximum atomic E-state index is 12.4. The van der Waals surface area contributed by atoms with Crippen LogP contribution in [0.4, 0.5) is 0 Å². The molecule has 0 radical (unpaired) electrons. The van der Waals surface area contributed by atoms with E-state index in [9.17, 15) is 4.79 Å². The van der Waals surface area contributed by atoms with E-state index in [0.717, 1.165) is 10.9 Å². The van der Waals surface area contributed by atoms with Crippen molar-refractivity contribution in [2.45, 2.75) is 40.2 Å². The van der Waals surface area contributed by atoms with E-state index >= 15 is 0 Å². The summed E-state index contributed by atoms with van der Waals surface area (Å²) in [6, 6.07) is 5.58. The smallest absolute Gasteiger partial charge is 0.261 e. The summed E-state index contributed by atoms with van der Waals surface area (Å²) in [5.74, 6) is 0.661. The summed E-state index contributed by atoms with van der Waals surface area (Å²) in [7, 11) is 0. The van der Waals surface area contributed by atoms with E-state index in [-0.39, 0.29) is 11.9 Å². The number of halogens is 1. The summed E-state index contributed by atoms with van der Waals surface area (Å²) >= 11 is 8.54. The van der Waals surface area contributed by atoms with Crippen molar-refractivity contribution in [3.63, 3.8) is 0 Å². The molecule has 0 aliphatic rings. The lowest BCUT2D eigenvalue weighted by atomic mass is 10.2. The van der Waals surface area contributed by atoms with Gasteiger partial charge in [-0.3, -0.25) is 10.1 Å². The van der Waals surface area contributed by atoms with Gasteiger partial charge in [-0.1, -0.05) is 36.7 Å². The molecule has 0 aliphatic heterocycles. The Bertz CT molecular complexity index is 535. The molecule has 0 bridgehead atoms. The van der Waals surface area contributed by atoms with Crippen molar-refractivity contribution in [3.8, 4) is 5.75 Å². The quantitative estimate of drug-likeness (QED) is 0.728. The Morgan fingerprint density at radius 1 is 1.36 bits per heavy atom. The van der Waals surface area contributed by atoms with E-state index in [1.54, 1.807) is 12.1 Å². The van der Waals surface area contributed by atoms with Crippen LogP contribution in [0.2, 0.25) is 0 Å². The Morgan fingerprint density at radius 3 is 2.64 bits per heavy atom. The van der Waals surface area contributed by atoms with Crippen LogP contribution in [0.3, 0.4) is 0 Å². The standard InChI is InChI=1S/C16H23BrN2O2S/c1-5-11(4)18-16(22)19-15(20)13-8-12(17)6-7-14(13)21-9-10(2)3/h6-8,10-11H,5,9H2,1-4H3,(H2,18,19,20,22). The van der Waals surface area contributed by atoms with Crippen molar-refractivity contribution < 1.29 is 9.53 Å². The highest BCUT2D eigenvalue weighted by atomic mass is 79.9. The molecular formula is C16H23BrN2O2S. The van der Waals surface area contributed by atoms with Crippen molar-refractivity contribution in [1.29, 1.82) is 0 Å². The van der Waals surface area contributed by atoms with Gasteiger partial charge in [-0.25, -0.2) is 0 Å². The van der Waals surface area contributed by atoms with Crippen LogP contribution in [0.1, 0.15) is 44.5 Å². The molecule has 1 aromatic rings. The number of rotatable bonds is 6. The van der Waals surface area contributed by atoms with Gasteiger partial charge < -0.3 is 10.1 Å². The molecule has 0 fully saturated rings. The first-order valence-electron chi connectivity index (χ1n) is 7.37. The lowest BCUT2D eigenvalue weighted by molar-refractivity contribution is 0.0971. The van der Waals surface area contributed by atoms with E-state index in [2.05, 4.69) is 40.4 Å². The zero-order valence-corrected chi connectivity index (χ0v) is 15.8. The summed E-state index contributed by atoms with van der Waals surface area (Å²) in [5.41, 5.74) is 0.461. The second-order valence-electron chi connectivity index (χ2n) is 5.58. The third kappa shape index (κ3) is 6.32. The molecule has 1 atom stereocenters. The van der Waals surface area contributed by atoms with Crippen molar-refractivity contribution in [1.82, 2.24) is 10.6 Å². The molecule has 0 saturated heterocycles. The SMILES string of the molecule is CCC(C)NC(=S)NC(=O)c1cc(Br)ccc1OCC(C)C. The van der Waals surface area contributed by atoms with Gasteiger partial charge in [-0.2, -0.15) is 0 Å². The average molecular weight is 387 g/mol. The largest absolute Gasteiger partial charge is 0.492 e. The third-order valence-electron chi connectivity index (χ3n) is 2.98. The van der Waals surface area contributed by atoms with E-state index < -0.39 is 0 Å². The van der Waals surface area contributed by atoms with Gasteiger partial charge in [0.1, 0.15) is 5.75 Å². The molecule has 6 heteroatoms. The van der Waals surface area contributed by atoms with Gasteiger partial charge >= 0.3 is 0 Å². The van der Waals surface area contributed by atoms with Crippen LogP contribution in [0, 0.1) is 5.92 Å². The normalized spacial score (nSPS) is 11.9. The molecule has 0 spiro atoms. The molecule has 2 N–H and O–H groups in total. The first kappa shape index (κ1) is 18.9. The van der Waals surface area contributed by atoms with E-state index in [1.807, 2.05) is 19.9 Å². The third-order valence-corrected chi connectivity index (χ3v) is 3.69. The minimum Gasteiger partial charge on any atom is -0.492 e. The summed E-state index contributed by atoms with van der Waals surface area (Å²) in [5, 5.41) is 6.09. The minimum absolute atomic E-state index is 0.215. The summed E-state index contributed by atoms with van der Waals surface area (Å²) in [6.07, 6.45) is 0.926. The van der Waals surface area contributed by atoms with Crippen LogP contribution in [0.25, 0.3) is 0 Å². The molecule has 4 nitrogen and oxygen atoms in total. The van der Waals surface area contributed by atoms with Gasteiger partial charge in [0.15, 0.2) is 5.11 Å². The number of hydrogen-bond acceptors (Lipinski definition) is 3. The number of nitrogens with one attached hydrogen (secondary N) is 2. The Hall–Kier alpha value is -1.14. The summed E-state index contributed by atoms with van der Waals surface area (Å²) in [4.78, 5) is 12.4. The highest BCUT2D eigenvalue weighted by Gasteiger charge is 2.15. The molecule has 0 aromatic heterocycles. The molecule has 0 saturated carbocycles. The maximum absolute atomic E-state index is 12.4. The summed E-state index contributed by atoms with van der Waals surface area (Å²) in [6.45, 7) is 8.73. The zero-order chi connectivity index (χ0) is 16.7. The lowest BCUT2D eigenvalue weighted by Crippen LogP contribution is -2.43. The fourth-order valence-corrected chi connectivity index (χ4v) is 2.25. The van der Waals surface area contributed by atoms with E-state index in [0.29, 0.717) is 29.0 Å². The van der Waals surface area contributed by atoms with Gasteiger partial charge in [0.25, 0.3) is 5.91 Å². The van der Waals surface area contributed by atoms with Crippen LogP contribution in [-0.2, 0) is 0 Å². The molecule has 1 rings (SSSR count). The minimum atomic E-state index is -0.277. The van der Waals surface area contributed by atoms with Gasteiger partial charge in [0.2, 0.25) is 0 Å². The van der Waals surface area contributed by atoms with Gasteiger partial charge in [0.05, 0.1) is 12.2 Å². The highest BCUT2D eigenvalue weighted by Crippen LogP contribution is 2.23.